The van der Waals surface area contributed by atoms with Gasteiger partial charge in [-0.1, -0.05) is 11.8 Å². The number of piperazine rings is 1. The zero-order valence-corrected chi connectivity index (χ0v) is 19.9. The second-order valence-electron chi connectivity index (χ2n) is 8.16. The number of anilines is 1. The lowest BCUT2D eigenvalue weighted by atomic mass is 10.1. The van der Waals surface area contributed by atoms with Crippen LogP contribution in [0.4, 0.5) is 10.1 Å². The van der Waals surface area contributed by atoms with Gasteiger partial charge in [-0.15, -0.1) is 0 Å². The van der Waals surface area contributed by atoms with Gasteiger partial charge < -0.3 is 23.8 Å². The molecule has 3 heterocycles. The predicted molar refractivity (Wildman–Crippen MR) is 130 cm³/mol. The van der Waals surface area contributed by atoms with Crippen LogP contribution in [0, 0.1) is 5.82 Å². The molecule has 0 radical (unpaired) electrons. The van der Waals surface area contributed by atoms with E-state index in [4.69, 9.17) is 9.47 Å². The molecule has 0 aliphatic carbocycles. The Morgan fingerprint density at radius 3 is 2.50 bits per heavy atom. The largest absolute Gasteiger partial charge is 0.486 e. The molecule has 2 aliphatic rings. The number of fused-ring (bicyclic) bond motifs is 1. The fourth-order valence-corrected chi connectivity index (χ4v) is 5.24. The molecule has 0 spiro atoms. The summed E-state index contributed by atoms with van der Waals surface area (Å²) in [4.78, 5) is 21.5. The average molecular weight is 483 g/mol. The maximum absolute atomic E-state index is 13.2. The van der Waals surface area contributed by atoms with E-state index in [1.165, 1.54) is 23.9 Å². The zero-order chi connectivity index (χ0) is 23.5. The lowest BCUT2D eigenvalue weighted by molar-refractivity contribution is -0.128. The van der Waals surface area contributed by atoms with E-state index in [1.807, 2.05) is 29.3 Å². The van der Waals surface area contributed by atoms with Gasteiger partial charge in [-0.3, -0.25) is 4.79 Å². The fourth-order valence-electron chi connectivity index (χ4n) is 4.30. The summed E-state index contributed by atoms with van der Waals surface area (Å²) in [6.45, 7) is 6.71. The third-order valence-electron chi connectivity index (χ3n) is 6.12. The summed E-state index contributed by atoms with van der Waals surface area (Å²) in [5.41, 5.74) is 2.98. The van der Waals surface area contributed by atoms with E-state index in [0.717, 1.165) is 53.2 Å². The summed E-state index contributed by atoms with van der Waals surface area (Å²) < 4.78 is 26.6. The van der Waals surface area contributed by atoms with Crippen molar-refractivity contribution in [3.05, 3.63) is 54.5 Å². The van der Waals surface area contributed by atoms with Gasteiger partial charge in [0.15, 0.2) is 16.7 Å². The normalized spacial score (nSPS) is 15.5. The maximum Gasteiger partial charge on any atom is 0.233 e. The van der Waals surface area contributed by atoms with Crippen molar-refractivity contribution >= 4 is 23.4 Å². The molecule has 9 heteroatoms. The Morgan fingerprint density at radius 2 is 1.76 bits per heavy atom. The van der Waals surface area contributed by atoms with E-state index in [1.54, 1.807) is 12.1 Å². The van der Waals surface area contributed by atoms with Crippen LogP contribution in [0.15, 0.2) is 53.8 Å². The van der Waals surface area contributed by atoms with Crippen molar-refractivity contribution in [2.75, 3.05) is 50.0 Å². The first-order chi connectivity index (χ1) is 16.6. The number of carbonyl (C=O) groups excluding carboxylic acids is 1. The number of ether oxygens (including phenoxy) is 2. The zero-order valence-electron chi connectivity index (χ0n) is 19.1. The minimum atomic E-state index is -0.239. The Morgan fingerprint density at radius 1 is 1.03 bits per heavy atom. The molecule has 1 fully saturated rings. The Balaban J connectivity index is 1.20. The number of hydrogen-bond acceptors (Lipinski definition) is 6. The van der Waals surface area contributed by atoms with Crippen molar-refractivity contribution in [3.63, 3.8) is 0 Å². The van der Waals surface area contributed by atoms with Crippen LogP contribution in [-0.2, 0) is 11.3 Å². The predicted octanol–water partition coefficient (Wildman–Crippen LogP) is 3.92. The molecule has 0 unspecified atom stereocenters. The second kappa shape index (κ2) is 9.97. The molecule has 2 aliphatic heterocycles. The summed E-state index contributed by atoms with van der Waals surface area (Å²) in [6, 6.07) is 12.4. The highest BCUT2D eigenvalue weighted by Gasteiger charge is 2.23. The minimum absolute atomic E-state index is 0.107. The Bertz CT molecular complexity index is 1160. The first-order valence-corrected chi connectivity index (χ1v) is 12.5. The van der Waals surface area contributed by atoms with Crippen molar-refractivity contribution in [2.45, 2.75) is 18.6 Å². The van der Waals surface area contributed by atoms with Gasteiger partial charge in [0.2, 0.25) is 5.91 Å². The molecule has 2 aromatic carbocycles. The standard InChI is InChI=1S/C25H27FN4O3S/c1-2-30-21(18-3-8-22-23(15-18)33-14-13-32-22)16-27-25(30)34-17-24(31)29-11-9-28(10-12-29)20-6-4-19(26)5-7-20/h3-8,15-16H,2,9-14,17H2,1H3. The Labute approximate surface area is 202 Å². The number of thioether (sulfide) groups is 1. The topological polar surface area (TPSA) is 59.8 Å². The highest BCUT2D eigenvalue weighted by atomic mass is 32.2. The highest BCUT2D eigenvalue weighted by Crippen LogP contribution is 2.35. The van der Waals surface area contributed by atoms with Crippen LogP contribution in [0.1, 0.15) is 6.92 Å². The van der Waals surface area contributed by atoms with Crippen LogP contribution < -0.4 is 14.4 Å². The van der Waals surface area contributed by atoms with Crippen LogP contribution in [-0.4, -0.2) is 65.5 Å². The minimum Gasteiger partial charge on any atom is -0.486 e. The van der Waals surface area contributed by atoms with E-state index in [-0.39, 0.29) is 11.7 Å². The molecule has 7 nitrogen and oxygen atoms in total. The molecule has 1 saturated heterocycles. The van der Waals surface area contributed by atoms with Crippen molar-refractivity contribution < 1.29 is 18.7 Å². The second-order valence-corrected chi connectivity index (χ2v) is 9.10. The van der Waals surface area contributed by atoms with Gasteiger partial charge in [-0.25, -0.2) is 9.37 Å². The number of hydrogen-bond donors (Lipinski definition) is 0. The molecule has 0 N–H and O–H groups in total. The van der Waals surface area contributed by atoms with Crippen LogP contribution in [0.3, 0.4) is 0 Å². The van der Waals surface area contributed by atoms with Gasteiger partial charge in [-0.2, -0.15) is 0 Å². The molecule has 178 valence electrons. The van der Waals surface area contributed by atoms with Crippen molar-refractivity contribution in [3.8, 4) is 22.8 Å². The van der Waals surface area contributed by atoms with Crippen LogP contribution >= 0.6 is 11.8 Å². The van der Waals surface area contributed by atoms with Gasteiger partial charge in [0.1, 0.15) is 19.0 Å². The number of carbonyl (C=O) groups is 1. The number of aromatic nitrogens is 2. The average Bonchev–Trinajstić information content (AvgIpc) is 3.30. The smallest absolute Gasteiger partial charge is 0.233 e. The van der Waals surface area contributed by atoms with Gasteiger partial charge >= 0.3 is 0 Å². The number of imidazole rings is 1. The summed E-state index contributed by atoms with van der Waals surface area (Å²) >= 11 is 1.47. The number of amides is 1. The Hall–Kier alpha value is -3.20. The van der Waals surface area contributed by atoms with Gasteiger partial charge in [-0.05, 0) is 49.4 Å². The molecule has 3 aromatic rings. The monoisotopic (exact) mass is 482 g/mol. The molecule has 0 atom stereocenters. The van der Waals surface area contributed by atoms with E-state index in [9.17, 15) is 9.18 Å². The third kappa shape index (κ3) is 4.70. The number of halogens is 1. The summed E-state index contributed by atoms with van der Waals surface area (Å²) in [7, 11) is 0. The maximum atomic E-state index is 13.2. The fraction of sp³-hybridized carbons (Fsp3) is 0.360. The number of benzene rings is 2. The summed E-state index contributed by atoms with van der Waals surface area (Å²) in [5, 5.41) is 0.825. The molecule has 0 saturated carbocycles. The lowest BCUT2D eigenvalue weighted by Crippen LogP contribution is -2.49. The van der Waals surface area contributed by atoms with E-state index in [2.05, 4.69) is 21.4 Å². The first-order valence-electron chi connectivity index (χ1n) is 11.5. The molecular weight excluding hydrogens is 455 g/mol. The van der Waals surface area contributed by atoms with Crippen molar-refractivity contribution in [1.82, 2.24) is 14.5 Å². The molecule has 0 bridgehead atoms. The highest BCUT2D eigenvalue weighted by molar-refractivity contribution is 7.99. The van der Waals surface area contributed by atoms with Crippen molar-refractivity contribution in [2.24, 2.45) is 0 Å². The number of nitrogens with zero attached hydrogens (tertiary/aromatic N) is 4. The van der Waals surface area contributed by atoms with Gasteiger partial charge in [0.25, 0.3) is 0 Å². The number of rotatable bonds is 6. The molecule has 1 aromatic heterocycles. The Kier molecular flexibility index (Phi) is 6.62. The SMILES string of the molecule is CCn1c(-c2ccc3c(c2)OCCO3)cnc1SCC(=O)N1CCN(c2ccc(F)cc2)CC1. The van der Waals surface area contributed by atoms with Crippen LogP contribution in [0.5, 0.6) is 11.5 Å². The van der Waals surface area contributed by atoms with Crippen LogP contribution in [0.2, 0.25) is 0 Å². The molecule has 5 rings (SSSR count). The molecular formula is C25H27FN4O3S. The van der Waals surface area contributed by atoms with E-state index < -0.39 is 0 Å². The quantitative estimate of drug-likeness (QED) is 0.497. The summed E-state index contributed by atoms with van der Waals surface area (Å²) in [6.07, 6.45) is 1.85. The third-order valence-corrected chi connectivity index (χ3v) is 7.10. The van der Waals surface area contributed by atoms with Crippen molar-refractivity contribution in [1.29, 1.82) is 0 Å². The summed E-state index contributed by atoms with van der Waals surface area (Å²) in [5.74, 6) is 1.72. The molecule has 34 heavy (non-hydrogen) atoms. The van der Waals surface area contributed by atoms with E-state index >= 15 is 0 Å². The van der Waals surface area contributed by atoms with Gasteiger partial charge in [0.05, 0.1) is 17.6 Å². The van der Waals surface area contributed by atoms with Crippen LogP contribution in [0.25, 0.3) is 11.3 Å². The van der Waals surface area contributed by atoms with Gasteiger partial charge in [0, 0.05) is 44.0 Å². The lowest BCUT2D eigenvalue weighted by Gasteiger charge is -2.36. The molecule has 1 amide bonds. The van der Waals surface area contributed by atoms with E-state index in [0.29, 0.717) is 32.1 Å². The first kappa shape index (κ1) is 22.6.